The van der Waals surface area contributed by atoms with E-state index in [2.05, 4.69) is 5.32 Å². The van der Waals surface area contributed by atoms with E-state index in [1.165, 1.54) is 12.1 Å². The van der Waals surface area contributed by atoms with Crippen molar-refractivity contribution in [3.8, 4) is 0 Å². The van der Waals surface area contributed by atoms with E-state index < -0.39 is 4.92 Å². The van der Waals surface area contributed by atoms with Crippen molar-refractivity contribution < 1.29 is 9.72 Å². The predicted molar refractivity (Wildman–Crippen MR) is 67.8 cm³/mol. The van der Waals surface area contributed by atoms with Gasteiger partial charge in [-0.15, -0.1) is 11.6 Å². The monoisotopic (exact) mass is 276 g/mol. The molecule has 0 aromatic carbocycles. The van der Waals surface area contributed by atoms with Crippen molar-refractivity contribution in [1.29, 1.82) is 0 Å². The molecule has 94 valence electrons. The molecule has 0 bridgehead atoms. The number of hydrogen-bond acceptors (Lipinski definition) is 4. The summed E-state index contributed by atoms with van der Waals surface area (Å²) in [6.07, 6.45) is 0. The molecule has 0 aliphatic carbocycles. The van der Waals surface area contributed by atoms with Gasteiger partial charge in [0.2, 0.25) is 0 Å². The molecular formula is C10H13ClN2O3S. The molecule has 1 N–H and O–H groups in total. The maximum absolute atomic E-state index is 11.7. The van der Waals surface area contributed by atoms with Crippen LogP contribution in [-0.4, -0.2) is 23.3 Å². The lowest BCUT2D eigenvalue weighted by molar-refractivity contribution is -0.380. The number of nitrogens with zero attached hydrogens (tertiary/aromatic N) is 1. The number of nitrogens with one attached hydrogen (secondary N) is 1. The molecule has 7 heteroatoms. The quantitative estimate of drug-likeness (QED) is 0.510. The topological polar surface area (TPSA) is 72.2 Å². The highest BCUT2D eigenvalue weighted by molar-refractivity contribution is 7.17. The fourth-order valence-electron chi connectivity index (χ4n) is 1.00. The molecule has 1 aromatic rings. The van der Waals surface area contributed by atoms with Crippen LogP contribution in [0.2, 0.25) is 0 Å². The molecule has 17 heavy (non-hydrogen) atoms. The zero-order valence-corrected chi connectivity index (χ0v) is 11.1. The second-order valence-electron chi connectivity index (χ2n) is 4.38. The van der Waals surface area contributed by atoms with Gasteiger partial charge in [-0.05, 0) is 11.5 Å². The average Bonchev–Trinajstić information content (AvgIpc) is 2.75. The fourth-order valence-corrected chi connectivity index (χ4v) is 1.83. The number of thiophene rings is 1. The van der Waals surface area contributed by atoms with E-state index in [0.29, 0.717) is 17.3 Å². The third-order valence-corrected chi connectivity index (χ3v) is 3.84. The molecule has 0 saturated carbocycles. The zero-order valence-electron chi connectivity index (χ0n) is 9.53. The minimum Gasteiger partial charge on any atom is -0.351 e. The van der Waals surface area contributed by atoms with E-state index in [-0.39, 0.29) is 16.3 Å². The fraction of sp³-hybridized carbons (Fsp3) is 0.500. The zero-order chi connectivity index (χ0) is 13.1. The molecule has 0 fully saturated rings. The smallest absolute Gasteiger partial charge is 0.324 e. The molecule has 0 aliphatic heterocycles. The lowest BCUT2D eigenvalue weighted by Gasteiger charge is -2.21. The van der Waals surface area contributed by atoms with Gasteiger partial charge in [-0.3, -0.25) is 14.9 Å². The Hall–Kier alpha value is -1.14. The van der Waals surface area contributed by atoms with Crippen molar-refractivity contribution in [2.45, 2.75) is 13.8 Å². The molecule has 1 amide bonds. The lowest BCUT2D eigenvalue weighted by atomic mass is 9.96. The Labute approximate surface area is 108 Å². The number of rotatable bonds is 5. The summed E-state index contributed by atoms with van der Waals surface area (Å²) < 4.78 is 0. The maximum Gasteiger partial charge on any atom is 0.324 e. The SMILES string of the molecule is CC(C)(CCl)CNC(=O)c1ccc([N+](=O)[O-])s1. The second-order valence-corrected chi connectivity index (χ2v) is 5.71. The first-order valence-electron chi connectivity index (χ1n) is 4.94. The number of halogens is 1. The predicted octanol–water partition coefficient (Wildman–Crippen LogP) is 2.65. The van der Waals surface area contributed by atoms with Crippen LogP contribution in [0, 0.1) is 15.5 Å². The molecule has 1 aromatic heterocycles. The largest absolute Gasteiger partial charge is 0.351 e. The number of alkyl halides is 1. The van der Waals surface area contributed by atoms with E-state index in [1.54, 1.807) is 0 Å². The van der Waals surface area contributed by atoms with E-state index in [9.17, 15) is 14.9 Å². The minimum absolute atomic E-state index is 0.0354. The van der Waals surface area contributed by atoms with Gasteiger partial charge in [0.25, 0.3) is 5.91 Å². The first kappa shape index (κ1) is 13.9. The van der Waals surface area contributed by atoms with Crippen LogP contribution in [0.3, 0.4) is 0 Å². The van der Waals surface area contributed by atoms with Crippen LogP contribution >= 0.6 is 22.9 Å². The number of hydrogen-bond donors (Lipinski definition) is 1. The van der Waals surface area contributed by atoms with Crippen molar-refractivity contribution in [2.75, 3.05) is 12.4 Å². The highest BCUT2D eigenvalue weighted by Gasteiger charge is 2.20. The third kappa shape index (κ3) is 3.98. The summed E-state index contributed by atoms with van der Waals surface area (Å²) in [5.41, 5.74) is -0.194. The Bertz CT molecular complexity index is 431. The van der Waals surface area contributed by atoms with Gasteiger partial charge in [0.15, 0.2) is 0 Å². The van der Waals surface area contributed by atoms with Gasteiger partial charge in [0.05, 0.1) is 9.80 Å². The molecule has 0 spiro atoms. The van der Waals surface area contributed by atoms with Crippen molar-refractivity contribution in [3.63, 3.8) is 0 Å². The van der Waals surface area contributed by atoms with Crippen LogP contribution in [0.4, 0.5) is 5.00 Å². The Kier molecular flexibility index (Phi) is 4.47. The van der Waals surface area contributed by atoms with E-state index in [0.717, 1.165) is 11.3 Å². The number of carbonyl (C=O) groups excluding carboxylic acids is 1. The summed E-state index contributed by atoms with van der Waals surface area (Å²) in [4.78, 5) is 22.0. The van der Waals surface area contributed by atoms with Gasteiger partial charge in [-0.2, -0.15) is 0 Å². The summed E-state index contributed by atoms with van der Waals surface area (Å²) >= 11 is 6.59. The van der Waals surface area contributed by atoms with Crippen LogP contribution in [0.15, 0.2) is 12.1 Å². The molecule has 5 nitrogen and oxygen atoms in total. The number of carbonyl (C=O) groups is 1. The van der Waals surface area contributed by atoms with Gasteiger partial charge in [-0.1, -0.05) is 25.2 Å². The summed E-state index contributed by atoms with van der Waals surface area (Å²) in [5.74, 6) is 0.124. The van der Waals surface area contributed by atoms with E-state index in [4.69, 9.17) is 11.6 Å². The summed E-state index contributed by atoms with van der Waals surface area (Å²) in [6, 6.07) is 2.78. The third-order valence-electron chi connectivity index (χ3n) is 2.08. The van der Waals surface area contributed by atoms with Gasteiger partial charge in [-0.25, -0.2) is 0 Å². The van der Waals surface area contributed by atoms with Gasteiger partial charge >= 0.3 is 5.00 Å². The minimum atomic E-state index is -0.510. The van der Waals surface area contributed by atoms with Crippen LogP contribution in [0.5, 0.6) is 0 Å². The first-order valence-corrected chi connectivity index (χ1v) is 6.29. The summed E-state index contributed by atoms with van der Waals surface area (Å²) in [5, 5.41) is 13.1. The molecule has 1 heterocycles. The van der Waals surface area contributed by atoms with E-state index in [1.807, 2.05) is 13.8 Å². The number of nitro groups is 1. The normalized spacial score (nSPS) is 11.2. The molecular weight excluding hydrogens is 264 g/mol. The molecule has 0 atom stereocenters. The Balaban J connectivity index is 2.61. The standard InChI is InChI=1S/C10H13ClN2O3S/c1-10(2,5-11)6-12-9(14)7-3-4-8(17-7)13(15)16/h3-4H,5-6H2,1-2H3,(H,12,14). The summed E-state index contributed by atoms with van der Waals surface area (Å²) in [7, 11) is 0. The molecule has 0 aliphatic rings. The highest BCUT2D eigenvalue weighted by atomic mass is 35.5. The van der Waals surface area contributed by atoms with Crippen molar-refractivity contribution in [2.24, 2.45) is 5.41 Å². The lowest BCUT2D eigenvalue weighted by Crippen LogP contribution is -2.34. The van der Waals surface area contributed by atoms with Gasteiger partial charge < -0.3 is 5.32 Å². The van der Waals surface area contributed by atoms with Crippen LogP contribution in [0.1, 0.15) is 23.5 Å². The Morgan fingerprint density at radius 1 is 1.59 bits per heavy atom. The second kappa shape index (κ2) is 5.46. The van der Waals surface area contributed by atoms with Crippen molar-refractivity contribution in [3.05, 3.63) is 27.1 Å². The van der Waals surface area contributed by atoms with Crippen LogP contribution < -0.4 is 5.32 Å². The Morgan fingerprint density at radius 3 is 2.71 bits per heavy atom. The molecule has 0 unspecified atom stereocenters. The molecule has 0 saturated heterocycles. The van der Waals surface area contributed by atoms with Crippen LogP contribution in [0.25, 0.3) is 0 Å². The van der Waals surface area contributed by atoms with Gasteiger partial charge in [0.1, 0.15) is 0 Å². The van der Waals surface area contributed by atoms with Crippen molar-refractivity contribution >= 4 is 33.8 Å². The molecule has 0 radical (unpaired) electrons. The molecule has 1 rings (SSSR count). The maximum atomic E-state index is 11.7. The highest BCUT2D eigenvalue weighted by Crippen LogP contribution is 2.24. The van der Waals surface area contributed by atoms with Gasteiger partial charge in [0, 0.05) is 18.5 Å². The van der Waals surface area contributed by atoms with E-state index >= 15 is 0 Å². The Morgan fingerprint density at radius 2 is 2.24 bits per heavy atom. The summed E-state index contributed by atoms with van der Waals surface area (Å²) in [6.45, 7) is 4.29. The first-order chi connectivity index (χ1) is 7.85. The number of amides is 1. The average molecular weight is 277 g/mol. The van der Waals surface area contributed by atoms with Crippen molar-refractivity contribution in [1.82, 2.24) is 5.32 Å². The van der Waals surface area contributed by atoms with Crippen LogP contribution in [-0.2, 0) is 0 Å².